The fraction of sp³-hybridized carbons (Fsp3) is 0.423. The van der Waals surface area contributed by atoms with Crippen molar-refractivity contribution in [3.63, 3.8) is 0 Å². The largest absolute Gasteiger partial charge is 0.352 e. The summed E-state index contributed by atoms with van der Waals surface area (Å²) in [6.45, 7) is -0.298. The third kappa shape index (κ3) is 2.69. The molecule has 0 aromatic heterocycles. The molecule has 2 aromatic carbocycles. The highest BCUT2D eigenvalue weighted by Crippen LogP contribution is 2.69. The van der Waals surface area contributed by atoms with Gasteiger partial charge in [-0.3, -0.25) is 19.3 Å². The molecule has 33 heavy (non-hydrogen) atoms. The van der Waals surface area contributed by atoms with Gasteiger partial charge in [0.25, 0.3) is 0 Å². The Morgan fingerprint density at radius 1 is 0.818 bits per heavy atom. The number of imide groups is 1. The van der Waals surface area contributed by atoms with Crippen LogP contribution in [0.5, 0.6) is 0 Å². The van der Waals surface area contributed by atoms with Gasteiger partial charge in [0, 0.05) is 6.04 Å². The van der Waals surface area contributed by atoms with Gasteiger partial charge in [-0.2, -0.15) is 0 Å². The zero-order valence-corrected chi connectivity index (χ0v) is 19.5. The molecule has 5 aliphatic rings. The molecule has 1 heterocycles. The lowest BCUT2D eigenvalue weighted by atomic mass is 9.54. The van der Waals surface area contributed by atoms with Gasteiger partial charge >= 0.3 is 0 Å². The van der Waals surface area contributed by atoms with Gasteiger partial charge in [0.15, 0.2) is 0 Å². The normalized spacial score (nSPS) is 32.4. The van der Waals surface area contributed by atoms with Crippen LogP contribution < -0.4 is 5.32 Å². The highest BCUT2D eigenvalue weighted by molar-refractivity contribution is 6.36. The fourth-order valence-electron chi connectivity index (χ4n) is 6.54. The summed E-state index contributed by atoms with van der Waals surface area (Å²) in [5.74, 6) is -2.88. The first kappa shape index (κ1) is 21.2. The Hall–Kier alpha value is -2.37. The summed E-state index contributed by atoms with van der Waals surface area (Å²) in [6, 6.07) is 15.2. The number of hydrogen-bond donors (Lipinski definition) is 1. The minimum Gasteiger partial charge on any atom is -0.352 e. The Kier molecular flexibility index (Phi) is 4.69. The van der Waals surface area contributed by atoms with Crippen molar-refractivity contribution in [3.8, 4) is 0 Å². The minimum atomic E-state index is -1.21. The molecule has 170 valence electrons. The van der Waals surface area contributed by atoms with E-state index >= 15 is 0 Å². The van der Waals surface area contributed by atoms with Crippen LogP contribution in [-0.4, -0.2) is 35.2 Å². The fourth-order valence-corrected chi connectivity index (χ4v) is 7.64. The molecule has 4 aliphatic carbocycles. The zero-order valence-electron chi connectivity index (χ0n) is 18.0. The smallest absolute Gasteiger partial charge is 0.240 e. The van der Waals surface area contributed by atoms with E-state index < -0.39 is 33.4 Å². The number of alkyl halides is 2. The lowest BCUT2D eigenvalue weighted by Crippen LogP contribution is -2.57. The first-order valence-electron chi connectivity index (χ1n) is 11.6. The van der Waals surface area contributed by atoms with Gasteiger partial charge < -0.3 is 5.32 Å². The second-order valence-electron chi connectivity index (χ2n) is 9.64. The van der Waals surface area contributed by atoms with E-state index in [0.717, 1.165) is 52.8 Å². The number of nitrogens with one attached hydrogen (secondary N) is 1. The molecule has 0 radical (unpaired) electrons. The number of carbonyl (C=O) groups is 3. The van der Waals surface area contributed by atoms with Crippen LogP contribution in [0, 0.1) is 11.8 Å². The van der Waals surface area contributed by atoms with Crippen molar-refractivity contribution < 1.29 is 14.4 Å². The van der Waals surface area contributed by atoms with Gasteiger partial charge in [0.05, 0.1) is 11.8 Å². The lowest BCUT2D eigenvalue weighted by Gasteiger charge is -2.54. The molecule has 2 aromatic rings. The Labute approximate surface area is 202 Å². The van der Waals surface area contributed by atoms with Crippen LogP contribution in [0.3, 0.4) is 0 Å². The maximum atomic E-state index is 13.7. The maximum Gasteiger partial charge on any atom is 0.240 e. The van der Waals surface area contributed by atoms with Crippen LogP contribution in [0.4, 0.5) is 0 Å². The molecule has 5 nitrogen and oxygen atoms in total. The Morgan fingerprint density at radius 2 is 1.24 bits per heavy atom. The molecule has 0 unspecified atom stereocenters. The van der Waals surface area contributed by atoms with Gasteiger partial charge in [0.1, 0.15) is 16.3 Å². The molecule has 3 amide bonds. The topological polar surface area (TPSA) is 66.5 Å². The molecule has 2 fully saturated rings. The molecule has 1 saturated heterocycles. The van der Waals surface area contributed by atoms with Crippen molar-refractivity contribution >= 4 is 40.9 Å². The van der Waals surface area contributed by atoms with Crippen molar-refractivity contribution in [2.24, 2.45) is 11.8 Å². The van der Waals surface area contributed by atoms with Gasteiger partial charge in [-0.15, -0.1) is 23.2 Å². The Balaban J connectivity index is 1.41. The number of carbonyl (C=O) groups excluding carboxylic acids is 3. The zero-order chi connectivity index (χ0) is 23.0. The molecular formula is C26H24Cl2N2O3. The van der Waals surface area contributed by atoms with Crippen molar-refractivity contribution in [2.75, 3.05) is 6.54 Å². The molecular weight excluding hydrogens is 459 g/mol. The van der Waals surface area contributed by atoms with Crippen LogP contribution in [-0.2, 0) is 24.1 Å². The monoisotopic (exact) mass is 482 g/mol. The number of rotatable bonds is 3. The van der Waals surface area contributed by atoms with E-state index in [1.54, 1.807) is 0 Å². The van der Waals surface area contributed by atoms with Crippen molar-refractivity contribution in [3.05, 3.63) is 70.8 Å². The standard InChI is InChI=1S/C26H24Cl2N2O3/c27-25-16-10-4-5-11-17(16)26(28,19-13-7-6-12-18(19)25)22-21(25)23(32)30(24(22)33)14-20(31)29-15-8-2-1-3-9-15/h4-7,10-13,15,21-22H,1-3,8-9,14H2,(H,29,31)/t21-,22-,25?,26?/m1/s1. The molecule has 7 heteroatoms. The van der Waals surface area contributed by atoms with E-state index in [1.807, 2.05) is 48.5 Å². The second kappa shape index (κ2) is 7.31. The number of amides is 3. The molecule has 1 N–H and O–H groups in total. The van der Waals surface area contributed by atoms with Crippen LogP contribution in [0.25, 0.3) is 0 Å². The molecule has 2 bridgehead atoms. The van der Waals surface area contributed by atoms with Gasteiger partial charge in [-0.1, -0.05) is 67.8 Å². The summed E-state index contributed by atoms with van der Waals surface area (Å²) in [5, 5.41) is 3.01. The van der Waals surface area contributed by atoms with Gasteiger partial charge in [0.2, 0.25) is 17.7 Å². The Morgan fingerprint density at radius 3 is 1.67 bits per heavy atom. The summed E-state index contributed by atoms with van der Waals surface area (Å²) in [6.07, 6.45) is 5.20. The Bertz CT molecular complexity index is 1070. The lowest BCUT2D eigenvalue weighted by molar-refractivity contribution is -0.144. The highest BCUT2D eigenvalue weighted by Gasteiger charge is 2.73. The van der Waals surface area contributed by atoms with E-state index in [4.69, 9.17) is 23.2 Å². The number of halogens is 2. The summed E-state index contributed by atoms with van der Waals surface area (Å²) in [5.41, 5.74) is 3.04. The summed E-state index contributed by atoms with van der Waals surface area (Å²) in [7, 11) is 0. The molecule has 2 atom stereocenters. The first-order valence-corrected chi connectivity index (χ1v) is 12.4. The van der Waals surface area contributed by atoms with Crippen LogP contribution in [0.15, 0.2) is 48.5 Å². The highest BCUT2D eigenvalue weighted by atomic mass is 35.5. The second-order valence-corrected chi connectivity index (χ2v) is 10.8. The predicted octanol–water partition coefficient (Wildman–Crippen LogP) is 4.03. The maximum absolute atomic E-state index is 13.7. The van der Waals surface area contributed by atoms with E-state index in [9.17, 15) is 14.4 Å². The number of benzene rings is 2. The van der Waals surface area contributed by atoms with E-state index in [0.29, 0.717) is 0 Å². The third-order valence-electron chi connectivity index (χ3n) is 7.95. The van der Waals surface area contributed by atoms with Crippen molar-refractivity contribution in [2.45, 2.75) is 47.9 Å². The third-order valence-corrected chi connectivity index (χ3v) is 9.23. The average Bonchev–Trinajstić information content (AvgIpc) is 3.09. The molecule has 7 rings (SSSR count). The quantitative estimate of drug-likeness (QED) is 0.530. The minimum absolute atomic E-state index is 0.102. The molecule has 1 aliphatic heterocycles. The van der Waals surface area contributed by atoms with Gasteiger partial charge in [-0.05, 0) is 35.1 Å². The first-order chi connectivity index (χ1) is 15.9. The van der Waals surface area contributed by atoms with Crippen molar-refractivity contribution in [1.29, 1.82) is 0 Å². The van der Waals surface area contributed by atoms with Gasteiger partial charge in [-0.25, -0.2) is 0 Å². The SMILES string of the molecule is O=C(CN1C(=O)[C@H]2[C@H](C1=O)C1(Cl)c3ccccc3C2(Cl)c2ccccc21)NC1CCCCC1. The number of hydrogen-bond acceptors (Lipinski definition) is 3. The summed E-state index contributed by atoms with van der Waals surface area (Å²) >= 11 is 14.8. The number of nitrogens with zero attached hydrogens (tertiary/aromatic N) is 1. The summed E-state index contributed by atoms with van der Waals surface area (Å²) < 4.78 is 0. The summed E-state index contributed by atoms with van der Waals surface area (Å²) in [4.78, 5) is 38.9. The van der Waals surface area contributed by atoms with Crippen LogP contribution >= 0.6 is 23.2 Å². The van der Waals surface area contributed by atoms with Crippen LogP contribution in [0.2, 0.25) is 0 Å². The molecule has 0 spiro atoms. The van der Waals surface area contributed by atoms with E-state index in [-0.39, 0.29) is 18.5 Å². The number of likely N-dealkylation sites (tertiary alicyclic amines) is 1. The molecule has 1 saturated carbocycles. The van der Waals surface area contributed by atoms with Crippen LogP contribution in [0.1, 0.15) is 54.4 Å². The van der Waals surface area contributed by atoms with E-state index in [2.05, 4.69) is 5.32 Å². The van der Waals surface area contributed by atoms with Crippen molar-refractivity contribution in [1.82, 2.24) is 10.2 Å². The van der Waals surface area contributed by atoms with E-state index in [1.165, 1.54) is 6.42 Å². The predicted molar refractivity (Wildman–Crippen MR) is 125 cm³/mol. The average molecular weight is 483 g/mol.